The average molecular weight is 467 g/mol. The van der Waals surface area contributed by atoms with E-state index in [-0.39, 0.29) is 11.1 Å². The Hall–Kier alpha value is -3.24. The molecule has 170 valence electrons. The normalized spacial score (nSPS) is 15.0. The van der Waals surface area contributed by atoms with Crippen LogP contribution >= 0.6 is 11.8 Å². The molecule has 0 N–H and O–H groups in total. The van der Waals surface area contributed by atoms with Crippen molar-refractivity contribution in [1.29, 1.82) is 0 Å². The molecule has 0 unspecified atom stereocenters. The monoisotopic (exact) mass is 466 g/mol. The molecule has 2 aromatic heterocycles. The van der Waals surface area contributed by atoms with Crippen LogP contribution < -0.4 is 4.90 Å². The molecule has 2 aromatic carbocycles. The first-order valence-corrected chi connectivity index (χ1v) is 11.6. The van der Waals surface area contributed by atoms with Crippen LogP contribution in [0.3, 0.4) is 0 Å². The summed E-state index contributed by atoms with van der Waals surface area (Å²) in [6, 6.07) is 16.2. The fraction of sp³-hybridized carbons (Fsp3) is 0.304. The number of thioether (sulfide) groups is 1. The van der Waals surface area contributed by atoms with Gasteiger partial charge in [-0.2, -0.15) is 0 Å². The van der Waals surface area contributed by atoms with Crippen LogP contribution in [0.2, 0.25) is 0 Å². The van der Waals surface area contributed by atoms with E-state index >= 15 is 0 Å². The molecule has 0 radical (unpaired) electrons. The van der Waals surface area contributed by atoms with Crippen LogP contribution in [0.4, 0.5) is 10.3 Å². The van der Waals surface area contributed by atoms with E-state index in [2.05, 4.69) is 42.0 Å². The van der Waals surface area contributed by atoms with Crippen molar-refractivity contribution in [2.24, 2.45) is 0 Å². The first-order chi connectivity index (χ1) is 16.2. The molecular formula is C23H23FN6O2S. The van der Waals surface area contributed by atoms with Crippen LogP contribution in [0.5, 0.6) is 0 Å². The lowest BCUT2D eigenvalue weighted by Crippen LogP contribution is -2.38. The number of halogens is 1. The van der Waals surface area contributed by atoms with Gasteiger partial charge in [0.05, 0.1) is 25.0 Å². The number of ether oxygens (including phenoxy) is 1. The summed E-state index contributed by atoms with van der Waals surface area (Å²) in [6.07, 6.45) is 0. The first-order valence-electron chi connectivity index (χ1n) is 10.7. The zero-order valence-corrected chi connectivity index (χ0v) is 18.9. The summed E-state index contributed by atoms with van der Waals surface area (Å²) in [5, 5.41) is 18.0. The Morgan fingerprint density at radius 2 is 1.73 bits per heavy atom. The van der Waals surface area contributed by atoms with Gasteiger partial charge >= 0.3 is 0 Å². The SMILES string of the molecule is C[C@H](Sc1nnc(N2CCOCC2)n1Cc1ccccc1)c1nnc(-c2ccc(F)cc2)o1. The summed E-state index contributed by atoms with van der Waals surface area (Å²) in [6.45, 7) is 5.54. The van der Waals surface area contributed by atoms with Crippen molar-refractivity contribution < 1.29 is 13.5 Å². The quantitative estimate of drug-likeness (QED) is 0.375. The maximum atomic E-state index is 13.2. The number of aromatic nitrogens is 5. The van der Waals surface area contributed by atoms with E-state index in [0.29, 0.717) is 37.1 Å². The second-order valence-corrected chi connectivity index (χ2v) is 8.97. The van der Waals surface area contributed by atoms with Crippen molar-refractivity contribution >= 4 is 17.7 Å². The predicted molar refractivity (Wildman–Crippen MR) is 123 cm³/mol. The molecule has 1 aliphatic heterocycles. The molecule has 0 aliphatic carbocycles. The largest absolute Gasteiger partial charge is 0.419 e. The van der Waals surface area contributed by atoms with Gasteiger partial charge in [-0.3, -0.25) is 4.57 Å². The van der Waals surface area contributed by atoms with Crippen LogP contribution in [-0.2, 0) is 11.3 Å². The van der Waals surface area contributed by atoms with Gasteiger partial charge in [-0.1, -0.05) is 42.1 Å². The highest BCUT2D eigenvalue weighted by Crippen LogP contribution is 2.36. The van der Waals surface area contributed by atoms with Gasteiger partial charge in [-0.05, 0) is 36.8 Å². The third-order valence-electron chi connectivity index (χ3n) is 5.34. The molecule has 0 spiro atoms. The van der Waals surface area contributed by atoms with E-state index in [9.17, 15) is 4.39 Å². The number of anilines is 1. The Kier molecular flexibility index (Phi) is 6.36. The van der Waals surface area contributed by atoms with E-state index in [1.165, 1.54) is 23.9 Å². The maximum Gasteiger partial charge on any atom is 0.247 e. The molecule has 1 atom stereocenters. The Bertz CT molecular complexity index is 1190. The van der Waals surface area contributed by atoms with Crippen molar-refractivity contribution in [2.45, 2.75) is 23.9 Å². The van der Waals surface area contributed by atoms with Gasteiger partial charge in [0.2, 0.25) is 17.7 Å². The van der Waals surface area contributed by atoms with Crippen LogP contribution in [0.1, 0.15) is 23.6 Å². The number of benzene rings is 2. The Balaban J connectivity index is 1.39. The first kappa shape index (κ1) is 21.6. The van der Waals surface area contributed by atoms with Gasteiger partial charge in [0, 0.05) is 18.7 Å². The standard InChI is InChI=1S/C23H23FN6O2S/c1-16(20-25-26-21(32-20)18-7-9-19(24)10-8-18)33-23-28-27-22(29-11-13-31-14-12-29)30(23)15-17-5-3-2-4-6-17/h2-10,16H,11-15H2,1H3/t16-/m0/s1. The van der Waals surface area contributed by atoms with Crippen molar-refractivity contribution in [3.63, 3.8) is 0 Å². The molecule has 1 saturated heterocycles. The minimum absolute atomic E-state index is 0.150. The molecule has 1 aliphatic rings. The summed E-state index contributed by atoms with van der Waals surface area (Å²) in [5.41, 5.74) is 1.84. The van der Waals surface area contributed by atoms with Crippen molar-refractivity contribution in [3.05, 3.63) is 71.9 Å². The van der Waals surface area contributed by atoms with E-state index in [1.807, 2.05) is 25.1 Å². The Labute approximate surface area is 194 Å². The van der Waals surface area contributed by atoms with E-state index in [4.69, 9.17) is 9.15 Å². The Morgan fingerprint density at radius 3 is 2.48 bits per heavy atom. The lowest BCUT2D eigenvalue weighted by Gasteiger charge is -2.28. The molecule has 3 heterocycles. The summed E-state index contributed by atoms with van der Waals surface area (Å²) in [4.78, 5) is 2.20. The number of hydrogen-bond donors (Lipinski definition) is 0. The van der Waals surface area contributed by atoms with Gasteiger partial charge in [-0.25, -0.2) is 4.39 Å². The molecule has 0 bridgehead atoms. The third kappa shape index (κ3) is 4.91. The highest BCUT2D eigenvalue weighted by atomic mass is 32.2. The number of rotatable bonds is 7. The molecule has 0 amide bonds. The summed E-state index contributed by atoms with van der Waals surface area (Å²) in [5.74, 6) is 1.35. The minimum Gasteiger partial charge on any atom is -0.419 e. The van der Waals surface area contributed by atoms with Crippen molar-refractivity contribution in [2.75, 3.05) is 31.2 Å². The molecule has 0 saturated carbocycles. The smallest absolute Gasteiger partial charge is 0.247 e. The molecule has 4 aromatic rings. The van der Waals surface area contributed by atoms with Crippen LogP contribution in [-0.4, -0.2) is 51.3 Å². The number of nitrogens with zero attached hydrogens (tertiary/aromatic N) is 6. The minimum atomic E-state index is -0.309. The molecule has 33 heavy (non-hydrogen) atoms. The molecule has 8 nitrogen and oxygen atoms in total. The molecule has 5 rings (SSSR count). The highest BCUT2D eigenvalue weighted by molar-refractivity contribution is 7.99. The lowest BCUT2D eigenvalue weighted by molar-refractivity contribution is 0.121. The molecular weight excluding hydrogens is 443 g/mol. The maximum absolute atomic E-state index is 13.2. The number of hydrogen-bond acceptors (Lipinski definition) is 8. The Morgan fingerprint density at radius 1 is 0.970 bits per heavy atom. The predicted octanol–water partition coefficient (Wildman–Crippen LogP) is 4.21. The van der Waals surface area contributed by atoms with Gasteiger partial charge < -0.3 is 14.1 Å². The second-order valence-electron chi connectivity index (χ2n) is 7.67. The van der Waals surface area contributed by atoms with Gasteiger partial charge in [-0.15, -0.1) is 20.4 Å². The summed E-state index contributed by atoms with van der Waals surface area (Å²) >= 11 is 1.51. The van der Waals surface area contributed by atoms with Crippen LogP contribution in [0.25, 0.3) is 11.5 Å². The zero-order chi connectivity index (χ0) is 22.6. The topological polar surface area (TPSA) is 82.1 Å². The zero-order valence-electron chi connectivity index (χ0n) is 18.1. The van der Waals surface area contributed by atoms with Gasteiger partial charge in [0.25, 0.3) is 0 Å². The van der Waals surface area contributed by atoms with Gasteiger partial charge in [0.15, 0.2) is 5.16 Å². The highest BCUT2D eigenvalue weighted by Gasteiger charge is 2.24. The lowest BCUT2D eigenvalue weighted by atomic mass is 10.2. The van der Waals surface area contributed by atoms with Crippen LogP contribution in [0, 0.1) is 5.82 Å². The summed E-state index contributed by atoms with van der Waals surface area (Å²) in [7, 11) is 0. The molecule has 1 fully saturated rings. The summed E-state index contributed by atoms with van der Waals surface area (Å²) < 4.78 is 26.7. The van der Waals surface area contributed by atoms with Crippen LogP contribution in [0.15, 0.2) is 64.2 Å². The van der Waals surface area contributed by atoms with Crippen molar-refractivity contribution in [3.8, 4) is 11.5 Å². The van der Waals surface area contributed by atoms with Gasteiger partial charge in [0.1, 0.15) is 5.82 Å². The fourth-order valence-electron chi connectivity index (χ4n) is 3.59. The number of morpholine rings is 1. The molecule has 10 heteroatoms. The van der Waals surface area contributed by atoms with E-state index < -0.39 is 0 Å². The third-order valence-corrected chi connectivity index (χ3v) is 6.40. The fourth-order valence-corrected chi connectivity index (χ4v) is 4.46. The van der Waals surface area contributed by atoms with E-state index in [0.717, 1.165) is 29.8 Å². The van der Waals surface area contributed by atoms with E-state index in [1.54, 1.807) is 12.1 Å². The second kappa shape index (κ2) is 9.72. The van der Waals surface area contributed by atoms with Crippen molar-refractivity contribution in [1.82, 2.24) is 25.0 Å². The average Bonchev–Trinajstić information content (AvgIpc) is 3.49.